The number of carbonyl (C=O) groups excluding carboxylic acids is 1. The van der Waals surface area contributed by atoms with Gasteiger partial charge >= 0.3 is 11.9 Å². The molecule has 1 aromatic carbocycles. The summed E-state index contributed by atoms with van der Waals surface area (Å²) < 4.78 is 12.8. The van der Waals surface area contributed by atoms with Gasteiger partial charge in [0, 0.05) is 5.56 Å². The first-order chi connectivity index (χ1) is 19.8. The topological polar surface area (TPSA) is 72.8 Å². The first-order valence-corrected chi connectivity index (χ1v) is 17.1. The van der Waals surface area contributed by atoms with Crippen LogP contribution in [0.4, 0.5) is 0 Å². The highest BCUT2D eigenvalue weighted by Crippen LogP contribution is 2.45. The molecule has 0 amide bonds. The molecule has 42 heavy (non-hydrogen) atoms. The number of carboxylic acid groups (broad SMARTS) is 1. The van der Waals surface area contributed by atoms with Gasteiger partial charge in [0.15, 0.2) is 0 Å². The van der Waals surface area contributed by atoms with Crippen LogP contribution in [0, 0.1) is 50.4 Å². The van der Waals surface area contributed by atoms with Crippen LogP contribution in [0.1, 0.15) is 147 Å². The summed E-state index contributed by atoms with van der Waals surface area (Å²) in [5.74, 6) is 1.45. The Kier molecular flexibility index (Phi) is 12.8. The van der Waals surface area contributed by atoms with E-state index in [4.69, 9.17) is 9.47 Å². The number of fused-ring (bicyclic) bond motifs is 1. The van der Waals surface area contributed by atoms with Crippen molar-refractivity contribution in [3.05, 3.63) is 22.3 Å². The fourth-order valence-corrected chi connectivity index (χ4v) is 7.30. The van der Waals surface area contributed by atoms with E-state index < -0.39 is 23.8 Å². The Morgan fingerprint density at radius 2 is 1.43 bits per heavy atom. The number of hydrogen-bond donors (Lipinski definition) is 1. The Morgan fingerprint density at radius 3 is 2.02 bits per heavy atom. The van der Waals surface area contributed by atoms with Gasteiger partial charge in [0.25, 0.3) is 0 Å². The van der Waals surface area contributed by atoms with Crippen LogP contribution in [0.5, 0.6) is 11.5 Å². The molecule has 5 nitrogen and oxygen atoms in total. The van der Waals surface area contributed by atoms with E-state index in [0.29, 0.717) is 18.6 Å². The third kappa shape index (κ3) is 9.23. The van der Waals surface area contributed by atoms with E-state index in [1.807, 2.05) is 13.8 Å². The summed E-state index contributed by atoms with van der Waals surface area (Å²) in [7, 11) is 0. The van der Waals surface area contributed by atoms with Gasteiger partial charge in [0.05, 0.1) is 11.8 Å². The van der Waals surface area contributed by atoms with Crippen molar-refractivity contribution in [3.8, 4) is 11.5 Å². The van der Waals surface area contributed by atoms with Gasteiger partial charge in [-0.1, -0.05) is 85.5 Å². The zero-order chi connectivity index (χ0) is 31.0. The van der Waals surface area contributed by atoms with Gasteiger partial charge in [-0.3, -0.25) is 9.59 Å². The lowest BCUT2D eigenvalue weighted by Crippen LogP contribution is -2.37. The number of ether oxygens (including phenoxy) is 2. The number of esters is 1. The van der Waals surface area contributed by atoms with Gasteiger partial charge < -0.3 is 14.6 Å². The minimum Gasteiger partial charge on any atom is -0.487 e. The molecule has 1 aliphatic heterocycles. The van der Waals surface area contributed by atoms with E-state index in [0.717, 1.165) is 77.9 Å². The van der Waals surface area contributed by atoms with Crippen molar-refractivity contribution in [1.82, 2.24) is 0 Å². The third-order valence-corrected chi connectivity index (χ3v) is 10.4. The van der Waals surface area contributed by atoms with Crippen LogP contribution in [-0.4, -0.2) is 22.6 Å². The molecule has 5 heteroatoms. The van der Waals surface area contributed by atoms with Gasteiger partial charge in [0.1, 0.15) is 17.1 Å². The van der Waals surface area contributed by atoms with Crippen LogP contribution < -0.4 is 9.47 Å². The second kappa shape index (κ2) is 15.6. The molecule has 0 saturated heterocycles. The zero-order valence-corrected chi connectivity index (χ0v) is 28.1. The first-order valence-electron chi connectivity index (χ1n) is 17.1. The highest BCUT2D eigenvalue weighted by Gasteiger charge is 2.39. The van der Waals surface area contributed by atoms with Crippen molar-refractivity contribution in [2.45, 2.75) is 157 Å². The van der Waals surface area contributed by atoms with Crippen molar-refractivity contribution < 1.29 is 24.2 Å². The quantitative estimate of drug-likeness (QED) is 0.164. The second-order valence-corrected chi connectivity index (χ2v) is 14.7. The molecule has 1 heterocycles. The molecule has 2 aliphatic rings. The van der Waals surface area contributed by atoms with E-state index in [9.17, 15) is 14.7 Å². The van der Waals surface area contributed by atoms with Crippen molar-refractivity contribution in [1.29, 1.82) is 0 Å². The average molecular weight is 585 g/mol. The minimum absolute atomic E-state index is 0.184. The fourth-order valence-electron chi connectivity index (χ4n) is 7.30. The van der Waals surface area contributed by atoms with Crippen LogP contribution in [0.25, 0.3) is 0 Å². The maximum absolute atomic E-state index is 13.2. The highest BCUT2D eigenvalue weighted by atomic mass is 16.5. The lowest BCUT2D eigenvalue weighted by Gasteiger charge is -2.38. The van der Waals surface area contributed by atoms with E-state index in [1.165, 1.54) is 51.4 Å². The predicted octanol–water partition coefficient (Wildman–Crippen LogP) is 9.93. The van der Waals surface area contributed by atoms with Crippen molar-refractivity contribution in [2.75, 3.05) is 0 Å². The molecule has 0 radical (unpaired) electrons. The van der Waals surface area contributed by atoms with Crippen molar-refractivity contribution >= 4 is 11.9 Å². The number of carboxylic acids is 1. The van der Waals surface area contributed by atoms with E-state index in [2.05, 4.69) is 41.5 Å². The molecule has 0 bridgehead atoms. The van der Waals surface area contributed by atoms with Crippen LogP contribution >= 0.6 is 0 Å². The van der Waals surface area contributed by atoms with E-state index in [-0.39, 0.29) is 5.60 Å². The van der Waals surface area contributed by atoms with E-state index in [1.54, 1.807) is 0 Å². The van der Waals surface area contributed by atoms with Crippen LogP contribution in [-0.2, 0) is 16.0 Å². The molecule has 0 spiro atoms. The summed E-state index contributed by atoms with van der Waals surface area (Å²) in [6.07, 6.45) is 16.3. The van der Waals surface area contributed by atoms with Crippen molar-refractivity contribution in [3.63, 3.8) is 0 Å². The minimum atomic E-state index is -0.893. The number of carbonyl (C=O) groups is 2. The molecule has 0 aromatic heterocycles. The molecule has 1 fully saturated rings. The van der Waals surface area contributed by atoms with Gasteiger partial charge in [-0.25, -0.2) is 0 Å². The number of benzene rings is 1. The first kappa shape index (κ1) is 34.5. The molecule has 2 unspecified atom stereocenters. The molecule has 1 aromatic rings. The van der Waals surface area contributed by atoms with Crippen LogP contribution in [0.2, 0.25) is 0 Å². The molecule has 5 atom stereocenters. The predicted molar refractivity (Wildman–Crippen MR) is 171 cm³/mol. The zero-order valence-electron chi connectivity index (χ0n) is 28.1. The summed E-state index contributed by atoms with van der Waals surface area (Å²) in [5.41, 5.74) is 3.85. The number of aliphatic carboxylic acids is 1. The molecule has 1 aliphatic carbocycles. The molecular formula is C37H60O5. The second-order valence-electron chi connectivity index (χ2n) is 14.7. The standard InChI is InChI=1S/C37H60O5/c1-24(2)14-11-15-25(3)16-12-17-26(4)18-13-22-37(8)23-21-30-29(7)33(27(5)28(6)34(30)42-37)41-36(40)32-20-10-9-19-31(32)35(38)39/h24-26,31-32H,9-23H2,1-8H3,(H,38,39)/t25-,26-,31?,32?,37-/m1/s1. The van der Waals surface area contributed by atoms with Gasteiger partial charge in [-0.2, -0.15) is 0 Å². The van der Waals surface area contributed by atoms with Gasteiger partial charge in [-0.15, -0.1) is 0 Å². The lowest BCUT2D eigenvalue weighted by atomic mass is 9.79. The maximum atomic E-state index is 13.2. The summed E-state index contributed by atoms with van der Waals surface area (Å²) >= 11 is 0. The fraction of sp³-hybridized carbons (Fsp3) is 0.784. The number of hydrogen-bond acceptors (Lipinski definition) is 4. The van der Waals surface area contributed by atoms with Crippen LogP contribution in [0.3, 0.4) is 0 Å². The third-order valence-electron chi connectivity index (χ3n) is 10.4. The molecule has 238 valence electrons. The molecule has 3 rings (SSSR count). The maximum Gasteiger partial charge on any atom is 0.315 e. The van der Waals surface area contributed by atoms with Crippen molar-refractivity contribution in [2.24, 2.45) is 29.6 Å². The summed E-state index contributed by atoms with van der Waals surface area (Å²) in [4.78, 5) is 25.0. The van der Waals surface area contributed by atoms with Crippen LogP contribution in [0.15, 0.2) is 0 Å². The Hall–Kier alpha value is -2.04. The summed E-state index contributed by atoms with van der Waals surface area (Å²) in [5, 5.41) is 9.65. The molecular weight excluding hydrogens is 524 g/mol. The molecule has 1 saturated carbocycles. The monoisotopic (exact) mass is 584 g/mol. The van der Waals surface area contributed by atoms with E-state index >= 15 is 0 Å². The lowest BCUT2D eigenvalue weighted by molar-refractivity contribution is -0.154. The van der Waals surface area contributed by atoms with Gasteiger partial charge in [0.2, 0.25) is 0 Å². The Morgan fingerprint density at radius 1 is 0.857 bits per heavy atom. The van der Waals surface area contributed by atoms with Gasteiger partial charge in [-0.05, 0) is 101 Å². The molecule has 1 N–H and O–H groups in total. The number of rotatable bonds is 15. The Balaban J connectivity index is 1.54. The summed E-state index contributed by atoms with van der Waals surface area (Å²) in [6, 6.07) is 0. The Labute approximate surface area is 256 Å². The average Bonchev–Trinajstić information content (AvgIpc) is 2.93. The highest BCUT2D eigenvalue weighted by molar-refractivity contribution is 5.83. The normalized spacial score (nSPS) is 23.6. The largest absolute Gasteiger partial charge is 0.487 e. The summed E-state index contributed by atoms with van der Waals surface area (Å²) in [6.45, 7) is 17.8. The smallest absolute Gasteiger partial charge is 0.315 e. The SMILES string of the molecule is Cc1c(C)c2c(c(C)c1OC(=O)C1CCCCC1C(=O)O)CC[C@@](C)(CCC[C@H](C)CCC[C@H](C)CCCC(C)C)O2. The Bertz CT molecular complexity index is 1060.